The van der Waals surface area contributed by atoms with Gasteiger partial charge in [-0.2, -0.15) is 0 Å². The molecule has 0 bridgehead atoms. The summed E-state index contributed by atoms with van der Waals surface area (Å²) in [7, 11) is 0. The molecular weight excluding hydrogens is 353 g/mol. The second-order valence-corrected chi connectivity index (χ2v) is 7.53. The lowest BCUT2D eigenvalue weighted by Crippen LogP contribution is -2.46. The monoisotopic (exact) mass is 377 g/mol. The summed E-state index contributed by atoms with van der Waals surface area (Å²) in [6.07, 6.45) is 1.40. The van der Waals surface area contributed by atoms with E-state index >= 15 is 0 Å². The number of aromatic nitrogens is 1. The molecule has 1 aromatic carbocycles. The molecule has 1 amide bonds. The van der Waals surface area contributed by atoms with Gasteiger partial charge < -0.3 is 10.1 Å². The molecule has 2 atom stereocenters. The highest BCUT2D eigenvalue weighted by molar-refractivity contribution is 7.13. The second kappa shape index (κ2) is 8.70. The molecule has 2 heterocycles. The van der Waals surface area contributed by atoms with Gasteiger partial charge in [0.1, 0.15) is 16.5 Å². The SMILES string of the molecule is CC1CN(CCCNC(=O)c2csc(-c3ccc(F)cc3)n2)CC(C)O1. The van der Waals surface area contributed by atoms with Crippen LogP contribution >= 0.6 is 11.3 Å². The fourth-order valence-electron chi connectivity index (χ4n) is 3.17. The quantitative estimate of drug-likeness (QED) is 0.786. The maximum absolute atomic E-state index is 13.0. The highest BCUT2D eigenvalue weighted by Gasteiger charge is 2.21. The molecule has 5 nitrogen and oxygen atoms in total. The molecule has 1 aromatic heterocycles. The van der Waals surface area contributed by atoms with Crippen LogP contribution in [0.25, 0.3) is 10.6 Å². The van der Waals surface area contributed by atoms with Crippen LogP contribution in [0, 0.1) is 5.82 Å². The molecule has 7 heteroatoms. The highest BCUT2D eigenvalue weighted by atomic mass is 32.1. The first kappa shape index (κ1) is 18.9. The first-order valence-corrected chi connectivity index (χ1v) is 9.76. The topological polar surface area (TPSA) is 54.5 Å². The van der Waals surface area contributed by atoms with Crippen LogP contribution in [-0.2, 0) is 4.74 Å². The summed E-state index contributed by atoms with van der Waals surface area (Å²) < 4.78 is 18.7. The number of carbonyl (C=O) groups excluding carboxylic acids is 1. The fourth-order valence-corrected chi connectivity index (χ4v) is 3.97. The average molecular weight is 377 g/mol. The zero-order chi connectivity index (χ0) is 18.5. The predicted molar refractivity (Wildman–Crippen MR) is 101 cm³/mol. The van der Waals surface area contributed by atoms with Crippen LogP contribution in [0.15, 0.2) is 29.6 Å². The lowest BCUT2D eigenvalue weighted by atomic mass is 10.2. The Morgan fingerprint density at radius 3 is 2.69 bits per heavy atom. The van der Waals surface area contributed by atoms with Crippen molar-refractivity contribution in [3.05, 3.63) is 41.2 Å². The van der Waals surface area contributed by atoms with Crippen LogP contribution in [-0.4, -0.2) is 54.2 Å². The van der Waals surface area contributed by atoms with E-state index in [0.29, 0.717) is 17.2 Å². The van der Waals surface area contributed by atoms with Gasteiger partial charge in [-0.25, -0.2) is 9.37 Å². The number of halogens is 1. The molecular formula is C19H24FN3O2S. The Labute approximate surface area is 157 Å². The minimum atomic E-state index is -0.285. The Morgan fingerprint density at radius 1 is 1.31 bits per heavy atom. The van der Waals surface area contributed by atoms with E-state index in [4.69, 9.17) is 4.74 Å². The number of morpholine rings is 1. The van der Waals surface area contributed by atoms with Crippen molar-refractivity contribution in [2.24, 2.45) is 0 Å². The Kier molecular flexibility index (Phi) is 6.34. The van der Waals surface area contributed by atoms with Gasteiger partial charge in [0.05, 0.1) is 12.2 Å². The maximum Gasteiger partial charge on any atom is 0.270 e. The van der Waals surface area contributed by atoms with Crippen molar-refractivity contribution in [3.8, 4) is 10.6 Å². The number of carbonyl (C=O) groups is 1. The highest BCUT2D eigenvalue weighted by Crippen LogP contribution is 2.23. The summed E-state index contributed by atoms with van der Waals surface area (Å²) in [5.41, 5.74) is 1.22. The smallest absolute Gasteiger partial charge is 0.270 e. The summed E-state index contributed by atoms with van der Waals surface area (Å²) >= 11 is 1.38. The Morgan fingerprint density at radius 2 is 2.00 bits per heavy atom. The van der Waals surface area contributed by atoms with Crippen molar-refractivity contribution < 1.29 is 13.9 Å². The van der Waals surface area contributed by atoms with Gasteiger partial charge in [-0.15, -0.1) is 11.3 Å². The van der Waals surface area contributed by atoms with Crippen molar-refractivity contribution in [1.82, 2.24) is 15.2 Å². The molecule has 1 fully saturated rings. The van der Waals surface area contributed by atoms with E-state index in [1.54, 1.807) is 17.5 Å². The zero-order valence-corrected chi connectivity index (χ0v) is 15.9. The van der Waals surface area contributed by atoms with E-state index in [1.165, 1.54) is 23.5 Å². The lowest BCUT2D eigenvalue weighted by molar-refractivity contribution is -0.0679. The molecule has 1 N–H and O–H groups in total. The lowest BCUT2D eigenvalue weighted by Gasteiger charge is -2.35. The van der Waals surface area contributed by atoms with Gasteiger partial charge in [-0.3, -0.25) is 9.69 Å². The summed E-state index contributed by atoms with van der Waals surface area (Å²) in [6, 6.07) is 6.12. The van der Waals surface area contributed by atoms with Gasteiger partial charge in [0, 0.05) is 37.1 Å². The molecule has 26 heavy (non-hydrogen) atoms. The number of rotatable bonds is 6. The summed E-state index contributed by atoms with van der Waals surface area (Å²) in [5, 5.41) is 5.37. The fraction of sp³-hybridized carbons (Fsp3) is 0.474. The summed E-state index contributed by atoms with van der Waals surface area (Å²) in [6.45, 7) is 7.60. The minimum absolute atomic E-state index is 0.168. The Balaban J connectivity index is 1.44. The number of nitrogens with one attached hydrogen (secondary N) is 1. The van der Waals surface area contributed by atoms with Crippen LogP contribution in [0.1, 0.15) is 30.8 Å². The van der Waals surface area contributed by atoms with Crippen molar-refractivity contribution >= 4 is 17.2 Å². The van der Waals surface area contributed by atoms with Crippen LogP contribution in [0.4, 0.5) is 4.39 Å². The van der Waals surface area contributed by atoms with Gasteiger partial charge >= 0.3 is 0 Å². The third-order valence-electron chi connectivity index (χ3n) is 4.26. The van der Waals surface area contributed by atoms with E-state index in [1.807, 2.05) is 0 Å². The van der Waals surface area contributed by atoms with Crippen LogP contribution in [0.5, 0.6) is 0 Å². The number of amides is 1. The molecule has 140 valence electrons. The predicted octanol–water partition coefficient (Wildman–Crippen LogP) is 3.18. The van der Waals surface area contributed by atoms with Crippen LogP contribution in [0.3, 0.4) is 0 Å². The van der Waals surface area contributed by atoms with E-state index in [9.17, 15) is 9.18 Å². The van der Waals surface area contributed by atoms with E-state index in [0.717, 1.165) is 31.6 Å². The maximum atomic E-state index is 13.0. The van der Waals surface area contributed by atoms with E-state index in [2.05, 4.69) is 29.0 Å². The van der Waals surface area contributed by atoms with Gasteiger partial charge in [-0.05, 0) is 44.5 Å². The molecule has 3 rings (SSSR count). The number of ether oxygens (including phenoxy) is 1. The molecule has 0 aliphatic carbocycles. The summed E-state index contributed by atoms with van der Waals surface area (Å²) in [4.78, 5) is 19.0. The Bertz CT molecular complexity index is 725. The van der Waals surface area contributed by atoms with Crippen molar-refractivity contribution in [2.45, 2.75) is 32.5 Å². The largest absolute Gasteiger partial charge is 0.373 e. The third kappa shape index (κ3) is 5.09. The number of thiazole rings is 1. The zero-order valence-electron chi connectivity index (χ0n) is 15.1. The number of hydrogen-bond donors (Lipinski definition) is 1. The van der Waals surface area contributed by atoms with Gasteiger partial charge in [0.2, 0.25) is 0 Å². The van der Waals surface area contributed by atoms with Crippen molar-refractivity contribution in [1.29, 1.82) is 0 Å². The molecule has 0 spiro atoms. The molecule has 1 aliphatic heterocycles. The molecule has 2 unspecified atom stereocenters. The van der Waals surface area contributed by atoms with Crippen LogP contribution in [0.2, 0.25) is 0 Å². The minimum Gasteiger partial charge on any atom is -0.373 e. The Hall–Kier alpha value is -1.83. The average Bonchev–Trinajstić information content (AvgIpc) is 3.08. The normalized spacial score (nSPS) is 20.9. The molecule has 1 aliphatic rings. The molecule has 2 aromatic rings. The number of benzene rings is 1. The number of nitrogens with zero attached hydrogens (tertiary/aromatic N) is 2. The van der Waals surface area contributed by atoms with Gasteiger partial charge in [0.25, 0.3) is 5.91 Å². The number of hydrogen-bond acceptors (Lipinski definition) is 5. The van der Waals surface area contributed by atoms with Crippen LogP contribution < -0.4 is 5.32 Å². The van der Waals surface area contributed by atoms with Gasteiger partial charge in [0.15, 0.2) is 0 Å². The van der Waals surface area contributed by atoms with Crippen molar-refractivity contribution in [2.75, 3.05) is 26.2 Å². The van der Waals surface area contributed by atoms with E-state index < -0.39 is 0 Å². The molecule has 1 saturated heterocycles. The van der Waals surface area contributed by atoms with Gasteiger partial charge in [-0.1, -0.05) is 0 Å². The molecule has 0 radical (unpaired) electrons. The first-order chi connectivity index (χ1) is 12.5. The van der Waals surface area contributed by atoms with Crippen molar-refractivity contribution in [3.63, 3.8) is 0 Å². The first-order valence-electron chi connectivity index (χ1n) is 8.89. The van der Waals surface area contributed by atoms with E-state index in [-0.39, 0.29) is 23.9 Å². The third-order valence-corrected chi connectivity index (χ3v) is 5.15. The summed E-state index contributed by atoms with van der Waals surface area (Å²) in [5.74, 6) is -0.453. The molecule has 0 saturated carbocycles. The second-order valence-electron chi connectivity index (χ2n) is 6.67. The standard InChI is InChI=1S/C19H24FN3O2S/c1-13-10-23(11-14(2)25-13)9-3-8-21-18(24)17-12-26-19(22-17)15-4-6-16(20)7-5-15/h4-7,12-14H,3,8-11H2,1-2H3,(H,21,24).